The zero-order chi connectivity index (χ0) is 31.9. The fourth-order valence-electron chi connectivity index (χ4n) is 7.30. The van der Waals surface area contributed by atoms with Crippen LogP contribution in [0.2, 0.25) is 0 Å². The molecule has 0 N–H and O–H groups in total. The Hall–Kier alpha value is -6.24. The maximum absolute atomic E-state index is 2.36. The van der Waals surface area contributed by atoms with E-state index in [1.165, 1.54) is 88.0 Å². The van der Waals surface area contributed by atoms with E-state index >= 15 is 0 Å². The monoisotopic (exact) mass is 608 g/mol. The summed E-state index contributed by atoms with van der Waals surface area (Å²) in [7, 11) is 0. The molecule has 0 aliphatic rings. The first-order valence-electron chi connectivity index (χ1n) is 16.6. The van der Waals surface area contributed by atoms with Gasteiger partial charge in [0.1, 0.15) is 0 Å². The fraction of sp³-hybridized carbons (Fsp3) is 0. The van der Waals surface area contributed by atoms with Gasteiger partial charge in [-0.25, -0.2) is 0 Å². The van der Waals surface area contributed by atoms with E-state index in [1.54, 1.807) is 0 Å². The molecule has 0 bridgehead atoms. The summed E-state index contributed by atoms with van der Waals surface area (Å²) < 4.78 is 0. The van der Waals surface area contributed by atoms with Gasteiger partial charge in [-0.1, -0.05) is 176 Å². The molecule has 0 saturated heterocycles. The molecule has 0 nitrogen and oxygen atoms in total. The molecule has 0 aliphatic carbocycles. The van der Waals surface area contributed by atoms with Crippen LogP contribution in [0.1, 0.15) is 0 Å². The first-order valence-corrected chi connectivity index (χ1v) is 16.6. The van der Waals surface area contributed by atoms with Crippen LogP contribution in [0.15, 0.2) is 194 Å². The maximum atomic E-state index is 2.36. The molecule has 0 aliphatic heterocycles. The third-order valence-electron chi connectivity index (χ3n) is 9.64. The SMILES string of the molecule is c1ccc(-c2ccc(-c3cccc(-c4c5ccccc5c(-c5ccc6cc(-c7ccccc7)ccc6c5)c5ccccc45)c3)cc2)cc1. The van der Waals surface area contributed by atoms with Crippen molar-refractivity contribution in [1.29, 1.82) is 0 Å². The van der Waals surface area contributed by atoms with Crippen LogP contribution in [-0.4, -0.2) is 0 Å². The van der Waals surface area contributed by atoms with Crippen molar-refractivity contribution < 1.29 is 0 Å². The highest BCUT2D eigenvalue weighted by molar-refractivity contribution is 6.21. The van der Waals surface area contributed by atoms with Crippen molar-refractivity contribution >= 4 is 32.3 Å². The van der Waals surface area contributed by atoms with Gasteiger partial charge in [-0.05, 0) is 106 Å². The van der Waals surface area contributed by atoms with Gasteiger partial charge in [0, 0.05) is 0 Å². The summed E-state index contributed by atoms with van der Waals surface area (Å²) in [4.78, 5) is 0. The Kier molecular flexibility index (Phi) is 6.91. The van der Waals surface area contributed by atoms with Crippen molar-refractivity contribution in [3.05, 3.63) is 194 Å². The van der Waals surface area contributed by atoms with Crippen LogP contribution in [0.4, 0.5) is 0 Å². The van der Waals surface area contributed by atoms with E-state index in [2.05, 4.69) is 194 Å². The van der Waals surface area contributed by atoms with Gasteiger partial charge >= 0.3 is 0 Å². The number of rotatable bonds is 5. The van der Waals surface area contributed by atoms with Crippen LogP contribution in [0, 0.1) is 0 Å². The molecule has 0 heterocycles. The normalized spacial score (nSPS) is 11.3. The average molecular weight is 609 g/mol. The second kappa shape index (κ2) is 11.8. The van der Waals surface area contributed by atoms with Gasteiger partial charge in [0.05, 0.1) is 0 Å². The Bertz CT molecular complexity index is 2520. The van der Waals surface area contributed by atoms with Crippen LogP contribution in [-0.2, 0) is 0 Å². The Morgan fingerprint density at radius 2 is 0.500 bits per heavy atom. The lowest BCUT2D eigenvalue weighted by atomic mass is 9.85. The topological polar surface area (TPSA) is 0 Å². The minimum Gasteiger partial charge on any atom is -0.0622 e. The Morgan fingerprint density at radius 3 is 1.04 bits per heavy atom. The van der Waals surface area contributed by atoms with E-state index in [4.69, 9.17) is 0 Å². The number of hydrogen-bond acceptors (Lipinski definition) is 0. The molecule has 0 spiro atoms. The summed E-state index contributed by atoms with van der Waals surface area (Å²) >= 11 is 0. The lowest BCUT2D eigenvalue weighted by Crippen LogP contribution is -1.91. The van der Waals surface area contributed by atoms with E-state index < -0.39 is 0 Å². The van der Waals surface area contributed by atoms with Crippen molar-refractivity contribution in [2.75, 3.05) is 0 Å². The van der Waals surface area contributed by atoms with Gasteiger partial charge in [-0.2, -0.15) is 0 Å². The molecular formula is C48H32. The molecule has 224 valence electrons. The van der Waals surface area contributed by atoms with Gasteiger partial charge < -0.3 is 0 Å². The molecule has 0 heteroatoms. The van der Waals surface area contributed by atoms with Crippen LogP contribution < -0.4 is 0 Å². The van der Waals surface area contributed by atoms with Crippen LogP contribution in [0.5, 0.6) is 0 Å². The van der Waals surface area contributed by atoms with Gasteiger partial charge in [0.15, 0.2) is 0 Å². The summed E-state index contributed by atoms with van der Waals surface area (Å²) in [5.41, 5.74) is 12.4. The average Bonchev–Trinajstić information content (AvgIpc) is 3.17. The zero-order valence-corrected chi connectivity index (χ0v) is 26.5. The fourth-order valence-corrected chi connectivity index (χ4v) is 7.30. The Labute approximate surface area is 281 Å². The third-order valence-corrected chi connectivity index (χ3v) is 9.64. The second-order valence-electron chi connectivity index (χ2n) is 12.5. The second-order valence-corrected chi connectivity index (χ2v) is 12.5. The molecule has 0 unspecified atom stereocenters. The number of fused-ring (bicyclic) bond motifs is 3. The lowest BCUT2D eigenvalue weighted by Gasteiger charge is -2.18. The van der Waals surface area contributed by atoms with Crippen molar-refractivity contribution in [2.24, 2.45) is 0 Å². The largest absolute Gasteiger partial charge is 0.0622 e. The predicted octanol–water partition coefficient (Wildman–Crippen LogP) is 13.5. The lowest BCUT2D eigenvalue weighted by molar-refractivity contribution is 1.59. The van der Waals surface area contributed by atoms with Crippen LogP contribution in [0.25, 0.3) is 88.0 Å². The molecule has 0 aromatic heterocycles. The van der Waals surface area contributed by atoms with E-state index in [0.29, 0.717) is 0 Å². The smallest absolute Gasteiger partial charge is 0.00262 e. The van der Waals surface area contributed by atoms with E-state index in [9.17, 15) is 0 Å². The van der Waals surface area contributed by atoms with Crippen molar-refractivity contribution in [3.63, 3.8) is 0 Å². The number of hydrogen-bond donors (Lipinski definition) is 0. The molecule has 9 aromatic rings. The summed E-state index contributed by atoms with van der Waals surface area (Å²) in [6.45, 7) is 0. The van der Waals surface area contributed by atoms with Gasteiger partial charge in [-0.3, -0.25) is 0 Å². The van der Waals surface area contributed by atoms with Crippen molar-refractivity contribution in [2.45, 2.75) is 0 Å². The van der Waals surface area contributed by atoms with E-state index in [-0.39, 0.29) is 0 Å². The number of benzene rings is 9. The standard InChI is InChI=1S/C48H32/c1-3-12-33(13-4-1)35-22-24-36(25-23-35)37-16-11-17-41(31-37)47-43-18-7-9-20-45(43)48(46-21-10-8-19-44(46)47)42-29-28-39-30-38(26-27-40(39)32-42)34-14-5-2-6-15-34/h1-32H. The van der Waals surface area contributed by atoms with Crippen molar-refractivity contribution in [3.8, 4) is 55.6 Å². The molecule has 0 saturated carbocycles. The molecule has 48 heavy (non-hydrogen) atoms. The summed E-state index contributed by atoms with van der Waals surface area (Å²) in [5, 5.41) is 7.56. The molecule has 0 radical (unpaired) electrons. The minimum atomic E-state index is 1.22. The maximum Gasteiger partial charge on any atom is -0.00262 e. The third kappa shape index (κ3) is 4.96. The molecule has 0 amide bonds. The van der Waals surface area contributed by atoms with E-state index in [1.807, 2.05) is 0 Å². The zero-order valence-electron chi connectivity index (χ0n) is 26.5. The highest BCUT2D eigenvalue weighted by Crippen LogP contribution is 2.44. The molecular weight excluding hydrogens is 577 g/mol. The molecule has 9 aromatic carbocycles. The van der Waals surface area contributed by atoms with Crippen molar-refractivity contribution in [1.82, 2.24) is 0 Å². The first kappa shape index (κ1) is 28.0. The summed E-state index contributed by atoms with van der Waals surface area (Å²) in [5.74, 6) is 0. The van der Waals surface area contributed by atoms with Crippen LogP contribution >= 0.6 is 0 Å². The van der Waals surface area contributed by atoms with E-state index in [0.717, 1.165) is 0 Å². The summed E-state index contributed by atoms with van der Waals surface area (Å²) in [6, 6.07) is 70.7. The Balaban J connectivity index is 1.18. The van der Waals surface area contributed by atoms with Gasteiger partial charge in [0.2, 0.25) is 0 Å². The summed E-state index contributed by atoms with van der Waals surface area (Å²) in [6.07, 6.45) is 0. The first-order chi connectivity index (χ1) is 23.8. The molecule has 9 rings (SSSR count). The highest BCUT2D eigenvalue weighted by Gasteiger charge is 2.17. The Morgan fingerprint density at radius 1 is 0.188 bits per heavy atom. The predicted molar refractivity (Wildman–Crippen MR) is 206 cm³/mol. The highest BCUT2D eigenvalue weighted by atomic mass is 14.2. The minimum absolute atomic E-state index is 1.22. The van der Waals surface area contributed by atoms with Gasteiger partial charge in [-0.15, -0.1) is 0 Å². The molecule has 0 atom stereocenters. The van der Waals surface area contributed by atoms with Gasteiger partial charge in [0.25, 0.3) is 0 Å². The quantitative estimate of drug-likeness (QED) is 0.171. The van der Waals surface area contributed by atoms with Crippen LogP contribution in [0.3, 0.4) is 0 Å². The molecule has 0 fully saturated rings.